The fourth-order valence-corrected chi connectivity index (χ4v) is 5.60. The molecule has 0 radical (unpaired) electrons. The molecule has 29 heavy (non-hydrogen) atoms. The van der Waals surface area contributed by atoms with Gasteiger partial charge in [-0.25, -0.2) is 4.98 Å². The average Bonchev–Trinajstić information content (AvgIpc) is 3.21. The molecular formula is C25H23NO2S. The second-order valence-corrected chi connectivity index (χ2v) is 8.83. The van der Waals surface area contributed by atoms with E-state index in [1.54, 1.807) is 11.3 Å². The first kappa shape index (κ1) is 18.3. The maximum atomic E-state index is 13.1. The molecule has 3 nitrogen and oxygen atoms in total. The van der Waals surface area contributed by atoms with Crippen molar-refractivity contribution < 1.29 is 9.53 Å². The van der Waals surface area contributed by atoms with Crippen LogP contribution >= 0.6 is 11.3 Å². The van der Waals surface area contributed by atoms with E-state index in [2.05, 4.69) is 24.3 Å². The minimum Gasteiger partial charge on any atom is -0.461 e. The molecule has 3 aromatic carbocycles. The van der Waals surface area contributed by atoms with Crippen LogP contribution in [0.1, 0.15) is 42.2 Å². The summed E-state index contributed by atoms with van der Waals surface area (Å²) in [5.74, 6) is -0.0117. The van der Waals surface area contributed by atoms with Gasteiger partial charge in [-0.05, 0) is 41.3 Å². The number of thiazole rings is 1. The zero-order valence-electron chi connectivity index (χ0n) is 16.2. The van der Waals surface area contributed by atoms with Crippen LogP contribution in [0.2, 0.25) is 0 Å². The Balaban J connectivity index is 1.36. The van der Waals surface area contributed by atoms with Crippen LogP contribution in [-0.2, 0) is 16.1 Å². The molecule has 1 heterocycles. The molecule has 0 saturated heterocycles. The van der Waals surface area contributed by atoms with Gasteiger partial charge >= 0.3 is 5.97 Å². The fourth-order valence-electron chi connectivity index (χ4n) is 4.43. The normalized spacial score (nSPS) is 19.4. The highest BCUT2D eigenvalue weighted by Gasteiger charge is 2.35. The lowest BCUT2D eigenvalue weighted by Gasteiger charge is -2.28. The third-order valence-electron chi connectivity index (χ3n) is 5.95. The van der Waals surface area contributed by atoms with E-state index < -0.39 is 0 Å². The highest BCUT2D eigenvalue weighted by atomic mass is 32.1. The van der Waals surface area contributed by atoms with Crippen LogP contribution in [0.3, 0.4) is 0 Å². The molecule has 0 aliphatic heterocycles. The summed E-state index contributed by atoms with van der Waals surface area (Å²) >= 11 is 1.72. The lowest BCUT2D eigenvalue weighted by Crippen LogP contribution is -2.27. The Morgan fingerprint density at radius 1 is 0.966 bits per heavy atom. The molecule has 0 unspecified atom stereocenters. The van der Waals surface area contributed by atoms with Crippen LogP contribution < -0.4 is 0 Å². The van der Waals surface area contributed by atoms with Gasteiger partial charge in [0.2, 0.25) is 0 Å². The van der Waals surface area contributed by atoms with E-state index in [9.17, 15) is 4.79 Å². The zero-order valence-corrected chi connectivity index (χ0v) is 17.0. The minimum atomic E-state index is -0.0979. The first-order valence-corrected chi connectivity index (χ1v) is 11.1. The van der Waals surface area contributed by atoms with Crippen molar-refractivity contribution >= 4 is 38.3 Å². The Kier molecular flexibility index (Phi) is 5.03. The van der Waals surface area contributed by atoms with E-state index in [1.807, 2.05) is 42.5 Å². The van der Waals surface area contributed by atoms with E-state index >= 15 is 0 Å². The summed E-state index contributed by atoms with van der Waals surface area (Å²) in [6.07, 6.45) is 4.12. The second-order valence-electron chi connectivity index (χ2n) is 7.76. The molecule has 0 spiro atoms. The zero-order chi connectivity index (χ0) is 19.6. The number of esters is 1. The molecule has 1 fully saturated rings. The maximum Gasteiger partial charge on any atom is 0.309 e. The van der Waals surface area contributed by atoms with Gasteiger partial charge in [-0.2, -0.15) is 0 Å². The number of nitrogens with zero attached hydrogens (tertiary/aromatic N) is 1. The van der Waals surface area contributed by atoms with Gasteiger partial charge in [0.1, 0.15) is 6.61 Å². The van der Waals surface area contributed by atoms with Gasteiger partial charge in [-0.1, -0.05) is 67.4 Å². The SMILES string of the molecule is O=C(OCc1cccc2ccccc12)[C@H]1CCCC[C@@H]1c1nc2ccccc2s1. The van der Waals surface area contributed by atoms with Crippen LogP contribution in [-0.4, -0.2) is 11.0 Å². The molecule has 1 aliphatic carbocycles. The number of fused-ring (bicyclic) bond motifs is 2. The van der Waals surface area contributed by atoms with E-state index in [1.165, 1.54) is 10.1 Å². The largest absolute Gasteiger partial charge is 0.461 e. The van der Waals surface area contributed by atoms with Crippen molar-refractivity contribution in [2.75, 3.05) is 0 Å². The number of ether oxygens (including phenoxy) is 1. The van der Waals surface area contributed by atoms with Crippen LogP contribution in [0.25, 0.3) is 21.0 Å². The summed E-state index contributed by atoms with van der Waals surface area (Å²) in [7, 11) is 0. The maximum absolute atomic E-state index is 13.1. The molecule has 2 atom stereocenters. The number of rotatable bonds is 4. The molecule has 1 aliphatic rings. The minimum absolute atomic E-state index is 0.0816. The van der Waals surface area contributed by atoms with Crippen molar-refractivity contribution in [1.82, 2.24) is 4.98 Å². The number of benzene rings is 3. The molecule has 5 rings (SSSR count). The monoisotopic (exact) mass is 401 g/mol. The Morgan fingerprint density at radius 2 is 1.76 bits per heavy atom. The van der Waals surface area contributed by atoms with Crippen LogP contribution in [0, 0.1) is 5.92 Å². The first-order chi connectivity index (χ1) is 14.3. The number of hydrogen-bond donors (Lipinski definition) is 0. The van der Waals surface area contributed by atoms with Crippen molar-refractivity contribution in [3.63, 3.8) is 0 Å². The predicted octanol–water partition coefficient (Wildman–Crippen LogP) is 6.47. The Morgan fingerprint density at radius 3 is 2.69 bits per heavy atom. The summed E-state index contributed by atoms with van der Waals surface area (Å²) in [6.45, 7) is 0.323. The lowest BCUT2D eigenvalue weighted by atomic mass is 9.79. The van der Waals surface area contributed by atoms with Gasteiger partial charge < -0.3 is 4.74 Å². The predicted molar refractivity (Wildman–Crippen MR) is 118 cm³/mol. The van der Waals surface area contributed by atoms with Crippen molar-refractivity contribution in [3.8, 4) is 0 Å². The molecule has 1 saturated carbocycles. The Labute approximate surface area is 174 Å². The topological polar surface area (TPSA) is 39.2 Å². The molecular weight excluding hydrogens is 378 g/mol. The summed E-state index contributed by atoms with van der Waals surface area (Å²) in [4.78, 5) is 17.9. The second kappa shape index (κ2) is 7.96. The summed E-state index contributed by atoms with van der Waals surface area (Å²) in [5, 5.41) is 3.40. The Bertz CT molecular complexity index is 1130. The summed E-state index contributed by atoms with van der Waals surface area (Å²) in [6, 6.07) is 22.6. The molecule has 1 aromatic heterocycles. The molecule has 4 aromatic rings. The summed E-state index contributed by atoms with van der Waals surface area (Å²) < 4.78 is 7.03. The van der Waals surface area contributed by atoms with Crippen molar-refractivity contribution in [2.24, 2.45) is 5.92 Å². The lowest BCUT2D eigenvalue weighted by molar-refractivity contribution is -0.151. The van der Waals surface area contributed by atoms with Gasteiger partial charge in [-0.15, -0.1) is 11.3 Å². The van der Waals surface area contributed by atoms with Gasteiger partial charge in [0.05, 0.1) is 21.1 Å². The van der Waals surface area contributed by atoms with Gasteiger partial charge in [0.15, 0.2) is 0 Å². The highest BCUT2D eigenvalue weighted by molar-refractivity contribution is 7.18. The standard InChI is InChI=1S/C25H23NO2S/c27-25(28-16-18-10-7-9-17-8-1-2-11-19(17)18)21-13-4-3-12-20(21)24-26-22-14-5-6-15-23(22)29-24/h1-2,5-11,14-15,20-21H,3-4,12-13,16H2/t20-,21-/m0/s1. The molecule has 146 valence electrons. The smallest absolute Gasteiger partial charge is 0.309 e. The number of carbonyl (C=O) groups is 1. The number of hydrogen-bond acceptors (Lipinski definition) is 4. The molecule has 0 N–H and O–H groups in total. The Hall–Kier alpha value is -2.72. The van der Waals surface area contributed by atoms with Crippen LogP contribution in [0.5, 0.6) is 0 Å². The van der Waals surface area contributed by atoms with Crippen LogP contribution in [0.15, 0.2) is 66.7 Å². The molecule has 0 amide bonds. The molecule has 0 bridgehead atoms. The number of aromatic nitrogens is 1. The molecule has 4 heteroatoms. The third kappa shape index (κ3) is 3.65. The van der Waals surface area contributed by atoms with Crippen molar-refractivity contribution in [2.45, 2.75) is 38.2 Å². The van der Waals surface area contributed by atoms with Gasteiger partial charge in [-0.3, -0.25) is 4.79 Å². The first-order valence-electron chi connectivity index (χ1n) is 10.3. The summed E-state index contributed by atoms with van der Waals surface area (Å²) in [5.41, 5.74) is 2.09. The van der Waals surface area contributed by atoms with E-state index in [0.29, 0.717) is 6.61 Å². The van der Waals surface area contributed by atoms with Gasteiger partial charge in [0, 0.05) is 5.92 Å². The van der Waals surface area contributed by atoms with Gasteiger partial charge in [0.25, 0.3) is 0 Å². The number of para-hydroxylation sites is 1. The van der Waals surface area contributed by atoms with E-state index in [0.717, 1.165) is 47.2 Å². The average molecular weight is 402 g/mol. The van der Waals surface area contributed by atoms with E-state index in [4.69, 9.17) is 9.72 Å². The fraction of sp³-hybridized carbons (Fsp3) is 0.280. The number of carbonyl (C=O) groups excluding carboxylic acids is 1. The quantitative estimate of drug-likeness (QED) is 0.368. The van der Waals surface area contributed by atoms with Crippen LogP contribution in [0.4, 0.5) is 0 Å². The van der Waals surface area contributed by atoms with E-state index in [-0.39, 0.29) is 17.8 Å². The van der Waals surface area contributed by atoms with Crippen molar-refractivity contribution in [1.29, 1.82) is 0 Å². The highest BCUT2D eigenvalue weighted by Crippen LogP contribution is 2.41. The third-order valence-corrected chi connectivity index (χ3v) is 7.11. The van der Waals surface area contributed by atoms with Crippen molar-refractivity contribution in [3.05, 3.63) is 77.3 Å².